The standard InChI is InChI=1S/C31H22N2O3S.C26H20N2O.CH4/c1-4-12-23(13-5-1)29-22-33(35-36-37-26-16-8-3-9-17-26)31-28(29)20-24(21-32-31)27-18-10-11-19-30(27)34-25-14-6-2-7-15-25;1-18-25(19-10-4-2-5-11-19)23-16-20(17-27-26(23)28-18)22-14-8-9-15-24(22)29-21-12-6-3-7-13-21;/h1-22H;2-17H,1H3,(H,27,28);1H4. The molecular weight excluding hydrogens is 849 g/mol. The molecule has 0 bridgehead atoms. The van der Waals surface area contributed by atoms with Gasteiger partial charge in [-0.2, -0.15) is 0 Å². The number of nitrogens with zero attached hydrogens (tertiary/aromatic N) is 3. The minimum absolute atomic E-state index is 0. The van der Waals surface area contributed by atoms with Crippen LogP contribution in [0, 0.1) is 6.92 Å². The second-order valence-electron chi connectivity index (χ2n) is 15.3. The number of rotatable bonds is 12. The maximum atomic E-state index is 6.21. The lowest BCUT2D eigenvalue weighted by Gasteiger charge is -2.11. The summed E-state index contributed by atoms with van der Waals surface area (Å²) in [6.45, 7) is 2.09. The van der Waals surface area contributed by atoms with Crippen molar-refractivity contribution in [2.75, 3.05) is 0 Å². The molecule has 8 nitrogen and oxygen atoms in total. The number of aromatic nitrogens is 4. The number of fused-ring (bicyclic) bond motifs is 2. The summed E-state index contributed by atoms with van der Waals surface area (Å²) in [6, 6.07) is 70.3. The first-order valence-corrected chi connectivity index (χ1v) is 22.2. The summed E-state index contributed by atoms with van der Waals surface area (Å²) < 4.78 is 19.4. The van der Waals surface area contributed by atoms with Gasteiger partial charge in [-0.1, -0.05) is 163 Å². The molecule has 4 heterocycles. The molecule has 7 aromatic carbocycles. The van der Waals surface area contributed by atoms with E-state index in [1.165, 1.54) is 11.1 Å². The molecular formula is C58H46N4O4S. The Balaban J connectivity index is 0.000000170. The zero-order valence-corrected chi connectivity index (χ0v) is 36.6. The maximum absolute atomic E-state index is 6.21. The Labute approximate surface area is 394 Å². The molecule has 0 aliphatic heterocycles. The number of para-hydroxylation sites is 4. The third-order valence-corrected chi connectivity index (χ3v) is 11.5. The summed E-state index contributed by atoms with van der Waals surface area (Å²) in [4.78, 5) is 19.5. The molecule has 4 aromatic heterocycles. The average Bonchev–Trinajstić information content (AvgIpc) is 3.91. The van der Waals surface area contributed by atoms with E-state index in [1.807, 2.05) is 176 Å². The fraction of sp³-hybridized carbons (Fsp3) is 0.0345. The Hall–Kier alpha value is -8.37. The molecule has 0 amide bonds. The van der Waals surface area contributed by atoms with Crippen molar-refractivity contribution in [2.24, 2.45) is 0 Å². The highest BCUT2D eigenvalue weighted by Crippen LogP contribution is 2.39. The Kier molecular flexibility index (Phi) is 13.5. The van der Waals surface area contributed by atoms with Crippen molar-refractivity contribution in [3.05, 3.63) is 237 Å². The average molecular weight is 895 g/mol. The Bertz CT molecular complexity index is 3350. The van der Waals surface area contributed by atoms with Gasteiger partial charge in [0.1, 0.15) is 28.6 Å². The van der Waals surface area contributed by atoms with Crippen LogP contribution in [0.25, 0.3) is 66.6 Å². The topological polar surface area (TPSA) is 83.4 Å². The third kappa shape index (κ3) is 9.99. The molecule has 0 saturated heterocycles. The largest absolute Gasteiger partial charge is 0.457 e. The SMILES string of the molecule is C.Cc1[nH]c2ncc(-c3ccccc3Oc3ccccc3)cc2c1-c1ccccc1.c1ccc(Oc2ccccc2-c2cnc3c(c2)c(-c2ccccc2)cn3OOSc2ccccc2)cc1. The van der Waals surface area contributed by atoms with E-state index in [9.17, 15) is 0 Å². The first kappa shape index (κ1) is 43.9. The van der Waals surface area contributed by atoms with Gasteiger partial charge < -0.3 is 14.5 Å². The second kappa shape index (κ2) is 20.6. The van der Waals surface area contributed by atoms with Gasteiger partial charge in [-0.3, -0.25) is 0 Å². The number of hydrogen-bond donors (Lipinski definition) is 1. The van der Waals surface area contributed by atoms with Crippen molar-refractivity contribution in [2.45, 2.75) is 19.2 Å². The predicted octanol–water partition coefficient (Wildman–Crippen LogP) is 15.9. The highest BCUT2D eigenvalue weighted by molar-refractivity contribution is 7.94. The van der Waals surface area contributed by atoms with E-state index in [1.54, 1.807) is 4.73 Å². The molecule has 0 aliphatic carbocycles. The van der Waals surface area contributed by atoms with Gasteiger partial charge in [0.2, 0.25) is 0 Å². The van der Waals surface area contributed by atoms with Crippen molar-refractivity contribution in [1.29, 1.82) is 0 Å². The number of ether oxygens (including phenoxy) is 2. The molecule has 0 saturated carbocycles. The minimum Gasteiger partial charge on any atom is -0.457 e. The van der Waals surface area contributed by atoms with E-state index in [4.69, 9.17) is 28.8 Å². The summed E-state index contributed by atoms with van der Waals surface area (Å²) >= 11 is 1.14. The van der Waals surface area contributed by atoms with E-state index < -0.39 is 0 Å². The normalized spacial score (nSPS) is 10.8. The van der Waals surface area contributed by atoms with Gasteiger partial charge in [0.25, 0.3) is 0 Å². The summed E-state index contributed by atoms with van der Waals surface area (Å²) in [5.41, 5.74) is 11.0. The Morgan fingerprint density at radius 1 is 0.478 bits per heavy atom. The molecule has 9 heteroatoms. The van der Waals surface area contributed by atoms with Crippen LogP contribution in [0.1, 0.15) is 13.1 Å². The van der Waals surface area contributed by atoms with Crippen molar-refractivity contribution in [1.82, 2.24) is 19.7 Å². The molecule has 1 N–H and O–H groups in total. The summed E-state index contributed by atoms with van der Waals surface area (Å²) in [6.07, 6.45) is 5.63. The number of hydrogen-bond acceptors (Lipinski definition) is 7. The van der Waals surface area contributed by atoms with Crippen molar-refractivity contribution in [3.8, 4) is 67.5 Å². The fourth-order valence-electron chi connectivity index (χ4n) is 7.83. The van der Waals surface area contributed by atoms with Gasteiger partial charge in [-0.05, 0) is 78.7 Å². The smallest absolute Gasteiger partial charge is 0.179 e. The second-order valence-corrected chi connectivity index (χ2v) is 16.1. The zero-order valence-electron chi connectivity index (χ0n) is 35.8. The van der Waals surface area contributed by atoms with Gasteiger partial charge in [0.15, 0.2) is 5.65 Å². The van der Waals surface area contributed by atoms with E-state index in [0.717, 1.165) is 95.4 Å². The summed E-state index contributed by atoms with van der Waals surface area (Å²) in [5, 5.41) is 2.05. The lowest BCUT2D eigenvalue weighted by atomic mass is 10.0. The van der Waals surface area contributed by atoms with Gasteiger partial charge >= 0.3 is 0 Å². The first-order valence-electron chi connectivity index (χ1n) is 21.5. The minimum atomic E-state index is 0. The number of aromatic amines is 1. The Morgan fingerprint density at radius 2 is 0.955 bits per heavy atom. The van der Waals surface area contributed by atoms with Gasteiger partial charge in [0, 0.05) is 67.1 Å². The van der Waals surface area contributed by atoms with Gasteiger partial charge in [-0.15, -0.1) is 4.73 Å². The molecule has 0 spiro atoms. The highest BCUT2D eigenvalue weighted by atomic mass is 32.2. The first-order chi connectivity index (χ1) is 32.6. The van der Waals surface area contributed by atoms with Gasteiger partial charge in [-0.25, -0.2) is 15.0 Å². The van der Waals surface area contributed by atoms with Crippen LogP contribution in [-0.4, -0.2) is 19.7 Å². The van der Waals surface area contributed by atoms with Crippen LogP contribution >= 0.6 is 12.0 Å². The zero-order chi connectivity index (χ0) is 44.5. The monoisotopic (exact) mass is 894 g/mol. The lowest BCUT2D eigenvalue weighted by Crippen LogP contribution is -2.07. The van der Waals surface area contributed by atoms with Crippen molar-refractivity contribution < 1.29 is 18.8 Å². The van der Waals surface area contributed by atoms with E-state index in [0.29, 0.717) is 5.65 Å². The van der Waals surface area contributed by atoms with Gasteiger partial charge in [0.05, 0.1) is 18.2 Å². The number of pyridine rings is 2. The molecule has 11 aromatic rings. The summed E-state index contributed by atoms with van der Waals surface area (Å²) in [5.74, 6) is 3.17. The number of H-pyrrole nitrogens is 1. The van der Waals surface area contributed by atoms with Crippen LogP contribution in [0.15, 0.2) is 236 Å². The van der Waals surface area contributed by atoms with Crippen molar-refractivity contribution >= 4 is 34.1 Å². The molecule has 0 radical (unpaired) electrons. The van der Waals surface area contributed by atoms with Crippen LogP contribution in [-0.2, 0) is 4.33 Å². The van der Waals surface area contributed by atoms with Crippen LogP contribution < -0.4 is 14.5 Å². The lowest BCUT2D eigenvalue weighted by molar-refractivity contribution is -0.188. The van der Waals surface area contributed by atoms with E-state index in [-0.39, 0.29) is 7.43 Å². The molecule has 0 aliphatic rings. The number of aryl methyl sites for hydroxylation is 1. The number of benzene rings is 7. The molecule has 67 heavy (non-hydrogen) atoms. The molecule has 0 atom stereocenters. The van der Waals surface area contributed by atoms with E-state index >= 15 is 0 Å². The summed E-state index contributed by atoms with van der Waals surface area (Å²) in [7, 11) is 0. The quantitative estimate of drug-likeness (QED) is 0.0743. The molecule has 0 unspecified atom stereocenters. The fourth-order valence-corrected chi connectivity index (χ4v) is 8.28. The van der Waals surface area contributed by atoms with Crippen LogP contribution in [0.3, 0.4) is 0 Å². The van der Waals surface area contributed by atoms with E-state index in [2.05, 4.69) is 66.5 Å². The van der Waals surface area contributed by atoms with Crippen LogP contribution in [0.4, 0.5) is 0 Å². The van der Waals surface area contributed by atoms with Crippen LogP contribution in [0.5, 0.6) is 23.0 Å². The predicted molar refractivity (Wildman–Crippen MR) is 272 cm³/mol. The molecule has 11 rings (SSSR count). The van der Waals surface area contributed by atoms with Crippen molar-refractivity contribution in [3.63, 3.8) is 0 Å². The third-order valence-electron chi connectivity index (χ3n) is 10.9. The van der Waals surface area contributed by atoms with Crippen LogP contribution in [0.2, 0.25) is 0 Å². The highest BCUT2D eigenvalue weighted by Gasteiger charge is 2.18. The number of nitrogens with one attached hydrogen (secondary N) is 1. The molecule has 0 fully saturated rings. The Morgan fingerprint density at radius 3 is 1.54 bits per heavy atom. The molecule has 328 valence electrons. The maximum Gasteiger partial charge on any atom is 0.179 e.